The maximum Gasteiger partial charge on any atom is 0.327 e. The van der Waals surface area contributed by atoms with Crippen molar-refractivity contribution in [3.05, 3.63) is 28.8 Å². The van der Waals surface area contributed by atoms with E-state index in [1.165, 1.54) is 12.8 Å². The summed E-state index contributed by atoms with van der Waals surface area (Å²) >= 11 is 0. The lowest BCUT2D eigenvalue weighted by Gasteiger charge is -2.26. The monoisotopic (exact) mass is 231 g/mol. The van der Waals surface area contributed by atoms with Gasteiger partial charge in [-0.05, 0) is 43.7 Å². The second kappa shape index (κ2) is 4.02. The number of nitrogens with zero attached hydrogens (tertiary/aromatic N) is 2. The summed E-state index contributed by atoms with van der Waals surface area (Å²) in [6.07, 6.45) is 6.34. The zero-order valence-electron chi connectivity index (χ0n) is 10.0. The van der Waals surface area contributed by atoms with E-state index in [2.05, 4.69) is 16.9 Å². The standard InChI is InChI=1S/C13H17N3O/c1-9-4-6-10(7-5-9)16-11-3-2-8-14-12(11)15-13(16)17/h2-3,8-10H,4-7H2,1H3,(H,14,15,17). The number of nitrogens with one attached hydrogen (secondary N) is 1. The van der Waals surface area contributed by atoms with Crippen molar-refractivity contribution in [1.29, 1.82) is 0 Å². The Bertz CT molecular complexity index is 576. The summed E-state index contributed by atoms with van der Waals surface area (Å²) in [5.41, 5.74) is 1.63. The van der Waals surface area contributed by atoms with Crippen molar-refractivity contribution < 1.29 is 0 Å². The first kappa shape index (κ1) is 10.6. The zero-order chi connectivity index (χ0) is 11.8. The third-order valence-corrected chi connectivity index (χ3v) is 3.84. The highest BCUT2D eigenvalue weighted by molar-refractivity contribution is 5.70. The fourth-order valence-corrected chi connectivity index (χ4v) is 2.82. The van der Waals surface area contributed by atoms with Crippen LogP contribution in [0.25, 0.3) is 11.2 Å². The van der Waals surface area contributed by atoms with Gasteiger partial charge >= 0.3 is 5.69 Å². The molecule has 4 nitrogen and oxygen atoms in total. The van der Waals surface area contributed by atoms with Crippen LogP contribution in [0.1, 0.15) is 38.6 Å². The summed E-state index contributed by atoms with van der Waals surface area (Å²) in [5.74, 6) is 0.797. The second-order valence-corrected chi connectivity index (χ2v) is 5.08. The van der Waals surface area contributed by atoms with Crippen molar-refractivity contribution in [2.24, 2.45) is 5.92 Å². The predicted octanol–water partition coefficient (Wildman–Crippen LogP) is 2.48. The summed E-state index contributed by atoms with van der Waals surface area (Å²) in [6.45, 7) is 2.29. The average Bonchev–Trinajstić information content (AvgIpc) is 2.66. The molecule has 1 N–H and O–H groups in total. The number of imidazole rings is 1. The Labute approximate surface area is 99.7 Å². The number of rotatable bonds is 1. The number of aromatic amines is 1. The Kier molecular flexibility index (Phi) is 2.50. The minimum absolute atomic E-state index is 0.0155. The summed E-state index contributed by atoms with van der Waals surface area (Å²) in [4.78, 5) is 19.0. The molecule has 2 aromatic rings. The van der Waals surface area contributed by atoms with Gasteiger partial charge in [0, 0.05) is 12.2 Å². The molecule has 1 aliphatic rings. The molecule has 0 radical (unpaired) electrons. The van der Waals surface area contributed by atoms with Gasteiger partial charge in [-0.25, -0.2) is 9.78 Å². The summed E-state index contributed by atoms with van der Waals surface area (Å²) in [7, 11) is 0. The van der Waals surface area contributed by atoms with Crippen molar-refractivity contribution in [1.82, 2.24) is 14.5 Å². The molecule has 0 spiro atoms. The number of aromatic nitrogens is 3. The van der Waals surface area contributed by atoms with Crippen LogP contribution in [0.15, 0.2) is 23.1 Å². The van der Waals surface area contributed by atoms with Crippen LogP contribution in [-0.4, -0.2) is 14.5 Å². The first-order chi connectivity index (χ1) is 8.25. The maximum atomic E-state index is 12.0. The van der Waals surface area contributed by atoms with Crippen LogP contribution in [0.5, 0.6) is 0 Å². The highest BCUT2D eigenvalue weighted by atomic mass is 16.1. The van der Waals surface area contributed by atoms with Crippen LogP contribution in [0.2, 0.25) is 0 Å². The van der Waals surface area contributed by atoms with Gasteiger partial charge < -0.3 is 0 Å². The lowest BCUT2D eigenvalue weighted by atomic mass is 9.87. The molecule has 1 saturated carbocycles. The van der Waals surface area contributed by atoms with Crippen molar-refractivity contribution >= 4 is 11.2 Å². The topological polar surface area (TPSA) is 50.7 Å². The molecule has 0 unspecified atom stereocenters. The highest BCUT2D eigenvalue weighted by Crippen LogP contribution is 2.32. The highest BCUT2D eigenvalue weighted by Gasteiger charge is 2.22. The van der Waals surface area contributed by atoms with Crippen molar-refractivity contribution in [3.63, 3.8) is 0 Å². The SMILES string of the molecule is CC1CCC(n2c(=O)[nH]c3ncccc32)CC1. The quantitative estimate of drug-likeness (QED) is 0.819. The molecular formula is C13H17N3O. The smallest absolute Gasteiger partial charge is 0.290 e. The first-order valence-electron chi connectivity index (χ1n) is 6.31. The van der Waals surface area contributed by atoms with E-state index in [4.69, 9.17) is 0 Å². The van der Waals surface area contributed by atoms with E-state index in [1.807, 2.05) is 16.7 Å². The van der Waals surface area contributed by atoms with Gasteiger partial charge in [-0.15, -0.1) is 0 Å². The van der Waals surface area contributed by atoms with Crippen LogP contribution < -0.4 is 5.69 Å². The van der Waals surface area contributed by atoms with Crippen LogP contribution in [0.4, 0.5) is 0 Å². The zero-order valence-corrected chi connectivity index (χ0v) is 10.0. The van der Waals surface area contributed by atoms with Gasteiger partial charge in [-0.3, -0.25) is 9.55 Å². The molecule has 0 aromatic carbocycles. The Hall–Kier alpha value is -1.58. The van der Waals surface area contributed by atoms with E-state index < -0.39 is 0 Å². The fraction of sp³-hybridized carbons (Fsp3) is 0.538. The summed E-state index contributed by atoms with van der Waals surface area (Å²) < 4.78 is 1.90. The number of H-pyrrole nitrogens is 1. The molecule has 0 aliphatic heterocycles. The van der Waals surface area contributed by atoms with E-state index in [0.717, 1.165) is 24.3 Å². The van der Waals surface area contributed by atoms with Gasteiger partial charge in [0.25, 0.3) is 0 Å². The minimum atomic E-state index is -0.0155. The second-order valence-electron chi connectivity index (χ2n) is 5.08. The number of fused-ring (bicyclic) bond motifs is 1. The Balaban J connectivity index is 2.05. The molecule has 0 saturated heterocycles. The van der Waals surface area contributed by atoms with E-state index in [9.17, 15) is 4.79 Å². The van der Waals surface area contributed by atoms with Crippen molar-refractivity contribution in [3.8, 4) is 0 Å². The van der Waals surface area contributed by atoms with Crippen molar-refractivity contribution in [2.45, 2.75) is 38.6 Å². The molecular weight excluding hydrogens is 214 g/mol. The first-order valence-corrected chi connectivity index (χ1v) is 6.31. The average molecular weight is 231 g/mol. The number of hydrogen-bond donors (Lipinski definition) is 1. The Morgan fingerprint density at radius 1 is 1.35 bits per heavy atom. The molecule has 1 aliphatic carbocycles. The Morgan fingerprint density at radius 3 is 2.88 bits per heavy atom. The third kappa shape index (κ3) is 1.77. The van der Waals surface area contributed by atoms with Gasteiger partial charge in [0.15, 0.2) is 5.65 Å². The van der Waals surface area contributed by atoms with E-state index in [1.54, 1.807) is 6.20 Å². The van der Waals surface area contributed by atoms with Crippen LogP contribution >= 0.6 is 0 Å². The molecule has 3 rings (SSSR count). The van der Waals surface area contributed by atoms with Gasteiger partial charge in [-0.2, -0.15) is 0 Å². The number of hydrogen-bond acceptors (Lipinski definition) is 2. The summed E-state index contributed by atoms with van der Waals surface area (Å²) in [5, 5.41) is 0. The van der Waals surface area contributed by atoms with E-state index in [0.29, 0.717) is 11.7 Å². The van der Waals surface area contributed by atoms with Gasteiger partial charge in [-0.1, -0.05) is 6.92 Å². The van der Waals surface area contributed by atoms with Gasteiger partial charge in [0.05, 0.1) is 5.52 Å². The van der Waals surface area contributed by atoms with Crippen LogP contribution in [-0.2, 0) is 0 Å². The predicted molar refractivity (Wildman–Crippen MR) is 67.0 cm³/mol. The minimum Gasteiger partial charge on any atom is -0.290 e. The molecule has 2 heterocycles. The van der Waals surface area contributed by atoms with E-state index in [-0.39, 0.29) is 5.69 Å². The van der Waals surface area contributed by atoms with Gasteiger partial charge in [0.2, 0.25) is 0 Å². The molecule has 90 valence electrons. The summed E-state index contributed by atoms with van der Waals surface area (Å²) in [6, 6.07) is 4.20. The molecule has 17 heavy (non-hydrogen) atoms. The molecule has 0 atom stereocenters. The van der Waals surface area contributed by atoms with E-state index >= 15 is 0 Å². The van der Waals surface area contributed by atoms with Crippen LogP contribution in [0.3, 0.4) is 0 Å². The molecule has 4 heteroatoms. The molecule has 0 bridgehead atoms. The third-order valence-electron chi connectivity index (χ3n) is 3.84. The van der Waals surface area contributed by atoms with Crippen molar-refractivity contribution in [2.75, 3.05) is 0 Å². The molecule has 0 amide bonds. The molecule has 2 aromatic heterocycles. The van der Waals surface area contributed by atoms with Crippen LogP contribution in [0, 0.1) is 5.92 Å². The Morgan fingerprint density at radius 2 is 2.12 bits per heavy atom. The molecule has 1 fully saturated rings. The normalized spacial score (nSPS) is 25.2. The maximum absolute atomic E-state index is 12.0. The fourth-order valence-electron chi connectivity index (χ4n) is 2.82. The largest absolute Gasteiger partial charge is 0.327 e. The van der Waals surface area contributed by atoms with Gasteiger partial charge in [0.1, 0.15) is 0 Å². The lowest BCUT2D eigenvalue weighted by Crippen LogP contribution is -2.25. The lowest BCUT2D eigenvalue weighted by molar-refractivity contribution is 0.290. The number of pyridine rings is 1.